The van der Waals surface area contributed by atoms with E-state index in [2.05, 4.69) is 0 Å². The smallest absolute Gasteiger partial charge is 0.305 e. The van der Waals surface area contributed by atoms with E-state index in [0.29, 0.717) is 28.3 Å². The fourth-order valence-corrected chi connectivity index (χ4v) is 2.96. The Labute approximate surface area is 193 Å². The maximum atomic E-state index is 14.5. The summed E-state index contributed by atoms with van der Waals surface area (Å²) >= 11 is 0. The van der Waals surface area contributed by atoms with Gasteiger partial charge in [0.25, 0.3) is 0 Å². The van der Waals surface area contributed by atoms with Crippen molar-refractivity contribution in [2.45, 2.75) is 39.2 Å². The van der Waals surface area contributed by atoms with Crippen LogP contribution in [-0.2, 0) is 11.4 Å². The van der Waals surface area contributed by atoms with Crippen LogP contribution in [0.1, 0.15) is 43.7 Å². The van der Waals surface area contributed by atoms with Crippen LogP contribution in [0.15, 0.2) is 66.3 Å². The van der Waals surface area contributed by atoms with Crippen LogP contribution in [-0.4, -0.2) is 23.4 Å². The summed E-state index contributed by atoms with van der Waals surface area (Å²) in [5.74, 6) is -1.48. The Morgan fingerprint density at radius 3 is 2.48 bits per heavy atom. The lowest BCUT2D eigenvalue weighted by molar-refractivity contribution is -0.137. The zero-order valence-corrected chi connectivity index (χ0v) is 18.7. The van der Waals surface area contributed by atoms with Gasteiger partial charge in [-0.1, -0.05) is 37.3 Å². The largest absolute Gasteiger partial charge is 0.489 e. The van der Waals surface area contributed by atoms with E-state index in [1.807, 2.05) is 38.1 Å². The molecule has 2 aromatic rings. The van der Waals surface area contributed by atoms with Crippen molar-refractivity contribution in [3.05, 3.63) is 83.2 Å². The summed E-state index contributed by atoms with van der Waals surface area (Å²) < 4.78 is 25.6. The third kappa shape index (κ3) is 7.93. The van der Waals surface area contributed by atoms with Gasteiger partial charge in [0.05, 0.1) is 24.1 Å². The molecule has 172 valence electrons. The molecule has 1 unspecified atom stereocenters. The SMILES string of the molecule is CC=C(C=CCC)C(=N)COc1ccc(COc2ccc(C(C#N)CC(=O)O)cc2)c(F)c1. The van der Waals surface area contributed by atoms with Gasteiger partial charge in [-0.15, -0.1) is 0 Å². The van der Waals surface area contributed by atoms with Crippen molar-refractivity contribution in [1.29, 1.82) is 10.7 Å². The Hall–Kier alpha value is -3.92. The number of aliphatic carboxylic acids is 1. The number of nitrogens with zero attached hydrogens (tertiary/aromatic N) is 1. The fraction of sp³-hybridized carbons (Fsp3) is 0.269. The monoisotopic (exact) mass is 450 g/mol. The summed E-state index contributed by atoms with van der Waals surface area (Å²) in [6.45, 7) is 3.88. The molecule has 0 radical (unpaired) electrons. The van der Waals surface area contributed by atoms with Gasteiger partial charge in [-0.3, -0.25) is 4.79 Å². The summed E-state index contributed by atoms with van der Waals surface area (Å²) in [5, 5.41) is 26.1. The van der Waals surface area contributed by atoms with Gasteiger partial charge < -0.3 is 20.0 Å². The molecule has 2 N–H and O–H groups in total. The first-order valence-electron chi connectivity index (χ1n) is 10.5. The van der Waals surface area contributed by atoms with E-state index >= 15 is 0 Å². The van der Waals surface area contributed by atoms with Crippen molar-refractivity contribution in [1.82, 2.24) is 0 Å². The van der Waals surface area contributed by atoms with Crippen LogP contribution < -0.4 is 9.47 Å². The molecule has 6 nitrogen and oxygen atoms in total. The van der Waals surface area contributed by atoms with E-state index in [1.165, 1.54) is 6.07 Å². The summed E-state index contributed by atoms with van der Waals surface area (Å²) in [5.41, 5.74) is 1.98. The lowest BCUT2D eigenvalue weighted by Crippen LogP contribution is -2.12. The predicted octanol–water partition coefficient (Wildman–Crippen LogP) is 5.80. The van der Waals surface area contributed by atoms with Gasteiger partial charge in [0.15, 0.2) is 0 Å². The van der Waals surface area contributed by atoms with Gasteiger partial charge in [0.2, 0.25) is 0 Å². The molecule has 0 amide bonds. The number of benzene rings is 2. The van der Waals surface area contributed by atoms with E-state index in [4.69, 9.17) is 25.3 Å². The lowest BCUT2D eigenvalue weighted by atomic mass is 9.97. The maximum Gasteiger partial charge on any atom is 0.305 e. The van der Waals surface area contributed by atoms with Gasteiger partial charge >= 0.3 is 5.97 Å². The molecular formula is C26H27FN2O4. The normalized spacial score (nSPS) is 12.2. The predicted molar refractivity (Wildman–Crippen MR) is 124 cm³/mol. The van der Waals surface area contributed by atoms with Crippen molar-refractivity contribution < 1.29 is 23.8 Å². The van der Waals surface area contributed by atoms with Crippen LogP contribution in [0.5, 0.6) is 11.5 Å². The van der Waals surface area contributed by atoms with Gasteiger partial charge in [-0.05, 0) is 48.7 Å². The molecule has 0 aliphatic rings. The molecule has 0 spiro atoms. The van der Waals surface area contributed by atoms with E-state index in [9.17, 15) is 9.18 Å². The van der Waals surface area contributed by atoms with Crippen molar-refractivity contribution >= 4 is 11.7 Å². The third-order valence-corrected chi connectivity index (χ3v) is 4.81. The number of halogens is 1. The molecule has 33 heavy (non-hydrogen) atoms. The molecule has 0 saturated carbocycles. The molecule has 7 heteroatoms. The first-order valence-corrected chi connectivity index (χ1v) is 10.5. The van der Waals surface area contributed by atoms with E-state index in [1.54, 1.807) is 36.4 Å². The number of carboxylic acid groups (broad SMARTS) is 1. The highest BCUT2D eigenvalue weighted by Crippen LogP contribution is 2.23. The Bertz CT molecular complexity index is 1070. The van der Waals surface area contributed by atoms with Crippen molar-refractivity contribution in [3.8, 4) is 17.6 Å². The molecule has 0 aromatic heterocycles. The molecule has 0 fully saturated rings. The number of nitrogens with one attached hydrogen (secondary N) is 1. The first-order chi connectivity index (χ1) is 15.9. The number of ether oxygens (including phenoxy) is 2. The first kappa shape index (κ1) is 25.3. The second-order valence-corrected chi connectivity index (χ2v) is 7.21. The van der Waals surface area contributed by atoms with Crippen molar-refractivity contribution in [2.75, 3.05) is 6.61 Å². The van der Waals surface area contributed by atoms with Crippen LogP contribution in [0, 0.1) is 22.6 Å². The molecule has 1 atom stereocenters. The van der Waals surface area contributed by atoms with Gasteiger partial charge in [0, 0.05) is 11.6 Å². The lowest BCUT2D eigenvalue weighted by Gasteiger charge is -2.12. The number of rotatable bonds is 12. The minimum absolute atomic E-state index is 0.0113. The summed E-state index contributed by atoms with van der Waals surface area (Å²) in [4.78, 5) is 10.8. The summed E-state index contributed by atoms with van der Waals surface area (Å²) in [6.07, 6.45) is 6.25. The molecule has 0 aliphatic heterocycles. The number of carbonyl (C=O) groups is 1. The highest BCUT2D eigenvalue weighted by atomic mass is 19.1. The van der Waals surface area contributed by atoms with Crippen LogP contribution in [0.2, 0.25) is 0 Å². The average Bonchev–Trinajstić information content (AvgIpc) is 2.81. The van der Waals surface area contributed by atoms with Crippen molar-refractivity contribution in [3.63, 3.8) is 0 Å². The zero-order valence-electron chi connectivity index (χ0n) is 18.7. The maximum absolute atomic E-state index is 14.5. The summed E-state index contributed by atoms with van der Waals surface area (Å²) in [7, 11) is 0. The van der Waals surface area contributed by atoms with Crippen LogP contribution in [0.3, 0.4) is 0 Å². The molecule has 2 rings (SSSR count). The number of hydrogen-bond acceptors (Lipinski definition) is 5. The number of nitriles is 1. The molecular weight excluding hydrogens is 423 g/mol. The van der Waals surface area contributed by atoms with E-state index in [-0.39, 0.29) is 19.6 Å². The van der Waals surface area contributed by atoms with E-state index in [0.717, 1.165) is 12.0 Å². The highest BCUT2D eigenvalue weighted by molar-refractivity contribution is 6.01. The minimum Gasteiger partial charge on any atom is -0.489 e. The van der Waals surface area contributed by atoms with Gasteiger partial charge in [-0.2, -0.15) is 5.26 Å². The van der Waals surface area contributed by atoms with E-state index < -0.39 is 17.7 Å². The van der Waals surface area contributed by atoms with Crippen LogP contribution in [0.25, 0.3) is 0 Å². The zero-order chi connectivity index (χ0) is 24.2. The third-order valence-electron chi connectivity index (χ3n) is 4.81. The van der Waals surface area contributed by atoms with Gasteiger partial charge in [0.1, 0.15) is 30.5 Å². The van der Waals surface area contributed by atoms with Crippen LogP contribution >= 0.6 is 0 Å². The highest BCUT2D eigenvalue weighted by Gasteiger charge is 2.15. The Balaban J connectivity index is 1.94. The number of hydrogen-bond donors (Lipinski definition) is 2. The Morgan fingerprint density at radius 2 is 1.91 bits per heavy atom. The average molecular weight is 451 g/mol. The Kier molecular flexibility index (Phi) is 9.84. The second-order valence-electron chi connectivity index (χ2n) is 7.21. The fourth-order valence-electron chi connectivity index (χ4n) is 2.96. The molecule has 0 saturated heterocycles. The van der Waals surface area contributed by atoms with Gasteiger partial charge in [-0.25, -0.2) is 4.39 Å². The number of carboxylic acids is 1. The Morgan fingerprint density at radius 1 is 1.21 bits per heavy atom. The van der Waals surface area contributed by atoms with Crippen LogP contribution in [0.4, 0.5) is 4.39 Å². The summed E-state index contributed by atoms with van der Waals surface area (Å²) in [6, 6.07) is 12.9. The standard InChI is InChI=1S/C26H27FN2O4/c1-3-5-6-18(4-2)25(29)17-33-23-12-9-20(24(27)14-23)16-32-22-10-7-19(8-11-22)21(15-28)13-26(30)31/h4-12,14,21,29H,3,13,16-17H2,1-2H3,(H,30,31). The minimum atomic E-state index is -1.04. The topological polar surface area (TPSA) is 103 Å². The molecule has 0 bridgehead atoms. The molecule has 2 aromatic carbocycles. The van der Waals surface area contributed by atoms with Crippen molar-refractivity contribution in [2.24, 2.45) is 0 Å². The second kappa shape index (κ2) is 12.8. The molecule has 0 heterocycles. The quantitative estimate of drug-likeness (QED) is 0.314. The molecule has 0 aliphatic carbocycles. The number of allylic oxidation sites excluding steroid dienone is 3.